The van der Waals surface area contributed by atoms with E-state index in [-0.39, 0.29) is 12.1 Å². The van der Waals surface area contributed by atoms with E-state index in [1.54, 1.807) is 16.2 Å². The minimum atomic E-state index is -0.0358. The van der Waals surface area contributed by atoms with Gasteiger partial charge in [0.2, 0.25) is 0 Å². The summed E-state index contributed by atoms with van der Waals surface area (Å²) >= 11 is 1.67. The Hall–Kier alpha value is -2.34. The van der Waals surface area contributed by atoms with E-state index in [2.05, 4.69) is 27.0 Å². The normalized spacial score (nSPS) is 12.2. The number of urea groups is 1. The first-order valence-electron chi connectivity index (χ1n) is 8.11. The Labute approximate surface area is 145 Å². The van der Waals surface area contributed by atoms with Crippen LogP contribution in [-0.2, 0) is 6.54 Å². The molecule has 0 saturated heterocycles. The molecule has 6 heteroatoms. The number of benzene rings is 1. The van der Waals surface area contributed by atoms with Crippen LogP contribution in [0.15, 0.2) is 48.1 Å². The molecule has 2 heterocycles. The fourth-order valence-electron chi connectivity index (χ4n) is 2.65. The van der Waals surface area contributed by atoms with Crippen LogP contribution in [0.3, 0.4) is 0 Å². The molecule has 0 aliphatic rings. The average Bonchev–Trinajstić information content (AvgIpc) is 3.27. The Kier molecular flexibility index (Phi) is 5.15. The van der Waals surface area contributed by atoms with Gasteiger partial charge in [-0.2, -0.15) is 0 Å². The zero-order valence-corrected chi connectivity index (χ0v) is 14.8. The summed E-state index contributed by atoms with van der Waals surface area (Å²) in [5.41, 5.74) is 2.14. The highest BCUT2D eigenvalue weighted by atomic mass is 32.1. The Morgan fingerprint density at radius 2 is 2.17 bits per heavy atom. The number of carbonyl (C=O) groups excluding carboxylic acids is 1. The van der Waals surface area contributed by atoms with Crippen molar-refractivity contribution in [1.29, 1.82) is 0 Å². The van der Waals surface area contributed by atoms with E-state index in [1.807, 2.05) is 49.9 Å². The highest BCUT2D eigenvalue weighted by Crippen LogP contribution is 2.23. The van der Waals surface area contributed by atoms with Crippen LogP contribution in [0.5, 0.6) is 0 Å². The molecule has 24 heavy (non-hydrogen) atoms. The van der Waals surface area contributed by atoms with E-state index in [0.717, 1.165) is 24.0 Å². The van der Waals surface area contributed by atoms with Crippen molar-refractivity contribution in [2.24, 2.45) is 0 Å². The molecular weight excluding hydrogens is 320 g/mol. The van der Waals surface area contributed by atoms with E-state index < -0.39 is 0 Å². The zero-order valence-electron chi connectivity index (χ0n) is 14.0. The monoisotopic (exact) mass is 342 g/mol. The second kappa shape index (κ2) is 7.49. The number of nitrogens with zero attached hydrogens (tertiary/aromatic N) is 3. The van der Waals surface area contributed by atoms with Gasteiger partial charge in [-0.1, -0.05) is 18.2 Å². The van der Waals surface area contributed by atoms with Crippen LogP contribution in [0.1, 0.15) is 24.3 Å². The Morgan fingerprint density at radius 3 is 2.96 bits per heavy atom. The fraction of sp³-hybridized carbons (Fsp3) is 0.333. The topological polar surface area (TPSA) is 50.2 Å². The number of aryl methyl sites for hydroxylation is 1. The maximum Gasteiger partial charge on any atom is 0.317 e. The maximum absolute atomic E-state index is 12.3. The van der Waals surface area contributed by atoms with Crippen molar-refractivity contribution >= 4 is 28.4 Å². The number of carbonyl (C=O) groups is 1. The van der Waals surface area contributed by atoms with Gasteiger partial charge in [0.1, 0.15) is 0 Å². The molecule has 0 radical (unpaired) electrons. The highest BCUT2D eigenvalue weighted by Gasteiger charge is 2.17. The lowest BCUT2D eigenvalue weighted by Gasteiger charge is -2.24. The van der Waals surface area contributed by atoms with E-state index in [9.17, 15) is 4.79 Å². The molecule has 0 bridgehead atoms. The van der Waals surface area contributed by atoms with Gasteiger partial charge in [-0.3, -0.25) is 0 Å². The molecule has 1 atom stereocenters. The van der Waals surface area contributed by atoms with Crippen LogP contribution in [0.25, 0.3) is 11.0 Å². The summed E-state index contributed by atoms with van der Waals surface area (Å²) < 4.78 is 2.12. The van der Waals surface area contributed by atoms with E-state index >= 15 is 0 Å². The van der Waals surface area contributed by atoms with Crippen molar-refractivity contribution in [1.82, 2.24) is 19.8 Å². The predicted molar refractivity (Wildman–Crippen MR) is 98.2 cm³/mol. The Balaban J connectivity index is 1.47. The molecular formula is C18H22N4OS. The summed E-state index contributed by atoms with van der Waals surface area (Å²) in [6.07, 6.45) is 2.73. The zero-order chi connectivity index (χ0) is 16.9. The first-order chi connectivity index (χ1) is 11.7. The van der Waals surface area contributed by atoms with Crippen molar-refractivity contribution < 1.29 is 4.79 Å². The molecule has 0 aliphatic heterocycles. The van der Waals surface area contributed by atoms with E-state index in [0.29, 0.717) is 6.54 Å². The largest absolute Gasteiger partial charge is 0.338 e. The molecule has 2 aromatic heterocycles. The number of imidazole rings is 1. The van der Waals surface area contributed by atoms with Gasteiger partial charge >= 0.3 is 6.03 Å². The van der Waals surface area contributed by atoms with Gasteiger partial charge in [-0.05, 0) is 36.9 Å². The lowest BCUT2D eigenvalue weighted by molar-refractivity contribution is 0.195. The molecule has 0 spiro atoms. The van der Waals surface area contributed by atoms with Crippen LogP contribution in [0.4, 0.5) is 4.79 Å². The second-order valence-corrected chi connectivity index (χ2v) is 6.79. The van der Waals surface area contributed by atoms with Gasteiger partial charge < -0.3 is 14.8 Å². The van der Waals surface area contributed by atoms with Gasteiger partial charge in [-0.25, -0.2) is 9.78 Å². The number of nitrogens with one attached hydrogen (secondary N) is 1. The summed E-state index contributed by atoms with van der Waals surface area (Å²) in [6.45, 7) is 3.53. The molecule has 0 aliphatic carbocycles. The van der Waals surface area contributed by atoms with Crippen molar-refractivity contribution in [3.8, 4) is 0 Å². The van der Waals surface area contributed by atoms with Gasteiger partial charge in [-0.15, -0.1) is 11.3 Å². The van der Waals surface area contributed by atoms with Crippen molar-refractivity contribution in [2.45, 2.75) is 25.9 Å². The third kappa shape index (κ3) is 3.59. The molecule has 2 amide bonds. The van der Waals surface area contributed by atoms with E-state index in [4.69, 9.17) is 0 Å². The SMILES string of the molecule is C[C@@H](c1cccs1)N(C)C(=O)NCCCn1cnc2ccccc21. The molecule has 1 N–H and O–H groups in total. The number of rotatable bonds is 6. The average molecular weight is 342 g/mol. The third-order valence-electron chi connectivity index (χ3n) is 4.24. The molecule has 3 rings (SSSR count). The number of aromatic nitrogens is 2. The second-order valence-electron chi connectivity index (χ2n) is 5.81. The number of hydrogen-bond acceptors (Lipinski definition) is 3. The molecule has 126 valence electrons. The minimum Gasteiger partial charge on any atom is -0.338 e. The third-order valence-corrected chi connectivity index (χ3v) is 5.28. The van der Waals surface area contributed by atoms with Gasteiger partial charge in [0.05, 0.1) is 23.4 Å². The summed E-state index contributed by atoms with van der Waals surface area (Å²) in [4.78, 5) is 19.6. The first kappa shape index (κ1) is 16.5. The van der Waals surface area contributed by atoms with Crippen LogP contribution < -0.4 is 5.32 Å². The fourth-order valence-corrected chi connectivity index (χ4v) is 3.48. The van der Waals surface area contributed by atoms with Crippen molar-refractivity contribution in [2.75, 3.05) is 13.6 Å². The number of thiophene rings is 1. The molecule has 0 unspecified atom stereocenters. The molecule has 0 saturated carbocycles. The van der Waals surface area contributed by atoms with Crippen LogP contribution in [0.2, 0.25) is 0 Å². The van der Waals surface area contributed by atoms with Gasteiger partial charge in [0.25, 0.3) is 0 Å². The highest BCUT2D eigenvalue weighted by molar-refractivity contribution is 7.10. The summed E-state index contributed by atoms with van der Waals surface area (Å²) in [5.74, 6) is 0. The van der Waals surface area contributed by atoms with Gasteiger partial charge in [0.15, 0.2) is 0 Å². The smallest absolute Gasteiger partial charge is 0.317 e. The number of fused-ring (bicyclic) bond motifs is 1. The molecule has 3 aromatic rings. The Morgan fingerprint density at radius 1 is 1.33 bits per heavy atom. The lowest BCUT2D eigenvalue weighted by Crippen LogP contribution is -2.39. The number of amides is 2. The number of para-hydroxylation sites is 2. The summed E-state index contributed by atoms with van der Waals surface area (Å²) in [6, 6.07) is 12.2. The lowest BCUT2D eigenvalue weighted by atomic mass is 10.2. The predicted octanol–water partition coefficient (Wildman–Crippen LogP) is 3.89. The van der Waals surface area contributed by atoms with Crippen LogP contribution in [-0.4, -0.2) is 34.1 Å². The van der Waals surface area contributed by atoms with E-state index in [1.165, 1.54) is 4.88 Å². The van der Waals surface area contributed by atoms with Crippen LogP contribution in [0, 0.1) is 0 Å². The summed E-state index contributed by atoms with van der Waals surface area (Å²) in [5, 5.41) is 5.03. The molecule has 0 fully saturated rings. The molecule has 5 nitrogen and oxygen atoms in total. The van der Waals surface area contributed by atoms with Crippen molar-refractivity contribution in [3.63, 3.8) is 0 Å². The standard InChI is InChI=1S/C18H22N4OS/c1-14(17-9-5-12-24-17)21(2)18(23)19-10-6-11-22-13-20-15-7-3-4-8-16(15)22/h3-5,7-9,12-14H,6,10-11H2,1-2H3,(H,19,23)/t14-/m0/s1. The summed E-state index contributed by atoms with van der Waals surface area (Å²) in [7, 11) is 1.84. The maximum atomic E-state index is 12.3. The number of hydrogen-bond donors (Lipinski definition) is 1. The molecule has 1 aromatic carbocycles. The van der Waals surface area contributed by atoms with Crippen molar-refractivity contribution in [3.05, 3.63) is 53.0 Å². The van der Waals surface area contributed by atoms with Crippen LogP contribution >= 0.6 is 11.3 Å². The quantitative estimate of drug-likeness (QED) is 0.691. The van der Waals surface area contributed by atoms with Gasteiger partial charge in [0, 0.05) is 25.0 Å². The first-order valence-corrected chi connectivity index (χ1v) is 8.98. The minimum absolute atomic E-state index is 0.0358. The Bertz CT molecular complexity index is 796.